The van der Waals surface area contributed by atoms with Gasteiger partial charge in [0, 0.05) is 12.1 Å². The van der Waals surface area contributed by atoms with Crippen molar-refractivity contribution >= 4 is 33.4 Å². The number of halogens is 1. The molecule has 0 amide bonds. The zero-order valence-electron chi connectivity index (χ0n) is 18.0. The molecule has 0 radical (unpaired) electrons. The lowest BCUT2D eigenvalue weighted by atomic mass is 10.1. The van der Waals surface area contributed by atoms with Crippen LogP contribution in [-0.4, -0.2) is 23.5 Å². The number of carbonyl (C=O) groups excluding carboxylic acids is 2. The van der Waals surface area contributed by atoms with Crippen molar-refractivity contribution in [2.45, 2.75) is 20.1 Å². The summed E-state index contributed by atoms with van der Waals surface area (Å²) in [5, 5.41) is 10.6. The summed E-state index contributed by atoms with van der Waals surface area (Å²) in [5.74, 6) is -1.65. The number of esters is 1. The van der Waals surface area contributed by atoms with Gasteiger partial charge in [-0.25, -0.2) is 4.79 Å². The summed E-state index contributed by atoms with van der Waals surface area (Å²) in [6, 6.07) is 22.4. The van der Waals surface area contributed by atoms with Crippen LogP contribution in [-0.2, 0) is 27.5 Å². The van der Waals surface area contributed by atoms with Gasteiger partial charge >= 0.3 is 5.97 Å². The highest BCUT2D eigenvalue weighted by molar-refractivity contribution is 9.10. The van der Waals surface area contributed by atoms with Crippen LogP contribution < -0.4 is 9.47 Å². The molecule has 0 aliphatic rings. The van der Waals surface area contributed by atoms with Crippen molar-refractivity contribution in [1.82, 2.24) is 0 Å². The number of aliphatic hydroxyl groups is 1. The van der Waals surface area contributed by atoms with Crippen LogP contribution >= 0.6 is 15.9 Å². The maximum atomic E-state index is 12.0. The normalized spacial score (nSPS) is 11.0. The minimum Gasteiger partial charge on any atom is -0.507 e. The predicted octanol–water partition coefficient (Wildman–Crippen LogP) is 5.64. The molecule has 0 unspecified atom stereocenters. The summed E-state index contributed by atoms with van der Waals surface area (Å²) in [7, 11) is 0. The van der Waals surface area contributed by atoms with E-state index in [1.165, 1.54) is 0 Å². The summed E-state index contributed by atoms with van der Waals surface area (Å²) in [4.78, 5) is 23.7. The summed E-state index contributed by atoms with van der Waals surface area (Å²) in [6.45, 7) is 2.21. The van der Waals surface area contributed by atoms with E-state index >= 15 is 0 Å². The van der Waals surface area contributed by atoms with E-state index in [2.05, 4.69) is 20.7 Å². The molecule has 0 fully saturated rings. The van der Waals surface area contributed by atoms with Crippen molar-refractivity contribution in [1.29, 1.82) is 0 Å². The van der Waals surface area contributed by atoms with Crippen LogP contribution in [0.2, 0.25) is 0 Å². The molecule has 0 aromatic heterocycles. The second-order valence-corrected chi connectivity index (χ2v) is 7.80. The van der Waals surface area contributed by atoms with E-state index in [0.717, 1.165) is 17.2 Å². The first-order valence-electron chi connectivity index (χ1n) is 10.3. The molecule has 0 aliphatic heterocycles. The van der Waals surface area contributed by atoms with Crippen molar-refractivity contribution in [2.24, 2.45) is 0 Å². The molecule has 7 heteroatoms. The first-order valence-corrected chi connectivity index (χ1v) is 11.1. The van der Waals surface area contributed by atoms with Crippen LogP contribution in [0.5, 0.6) is 11.5 Å². The molecule has 1 N–H and O–H groups in total. The largest absolute Gasteiger partial charge is 0.507 e. The minimum atomic E-state index is -1.04. The predicted molar refractivity (Wildman–Crippen MR) is 128 cm³/mol. The zero-order chi connectivity index (χ0) is 23.6. The Labute approximate surface area is 200 Å². The number of carbonyl (C=O) groups is 2. The molecule has 0 saturated heterocycles. The summed E-state index contributed by atoms with van der Waals surface area (Å²) in [6.07, 6.45) is 0.819. The van der Waals surface area contributed by atoms with Crippen molar-refractivity contribution in [3.8, 4) is 11.5 Å². The Bertz CT molecular complexity index is 1130. The molecule has 0 heterocycles. The number of hydrogen-bond donors (Lipinski definition) is 1. The van der Waals surface area contributed by atoms with Gasteiger partial charge in [0.15, 0.2) is 0 Å². The van der Waals surface area contributed by atoms with E-state index in [4.69, 9.17) is 9.47 Å². The molecule has 3 rings (SSSR count). The Kier molecular flexibility index (Phi) is 8.66. The summed E-state index contributed by atoms with van der Waals surface area (Å²) < 4.78 is 17.1. The third-order valence-electron chi connectivity index (χ3n) is 4.53. The lowest BCUT2D eigenvalue weighted by molar-refractivity contribution is -0.151. The first kappa shape index (κ1) is 24.1. The van der Waals surface area contributed by atoms with Gasteiger partial charge in [-0.15, -0.1) is 0 Å². The lowest BCUT2D eigenvalue weighted by Crippen LogP contribution is -2.15. The quantitative estimate of drug-likeness (QED) is 0.164. The lowest BCUT2D eigenvalue weighted by Gasteiger charge is -2.16. The molecular weight excluding hydrogens is 488 g/mol. The highest BCUT2D eigenvalue weighted by Crippen LogP contribution is 2.37. The van der Waals surface area contributed by atoms with Crippen LogP contribution in [0, 0.1) is 0 Å². The van der Waals surface area contributed by atoms with Gasteiger partial charge in [0.25, 0.3) is 5.78 Å². The standard InChI is InChI=1S/C26H23BrO6/c1-2-31-26(30)23(29)14-22(28)20-13-21(27)25(33-17-19-11-7-4-8-12-19)15-24(20)32-16-18-9-5-3-6-10-18/h3-15,28H,2,16-17H2,1H3/b22-14-. The Balaban J connectivity index is 1.90. The fraction of sp³-hybridized carbons (Fsp3) is 0.154. The number of ether oxygens (including phenoxy) is 3. The van der Waals surface area contributed by atoms with Gasteiger partial charge in [0.05, 0.1) is 16.6 Å². The van der Waals surface area contributed by atoms with E-state index in [-0.39, 0.29) is 24.5 Å². The molecule has 170 valence electrons. The fourth-order valence-corrected chi connectivity index (χ4v) is 3.36. The molecule has 0 atom stereocenters. The average molecular weight is 511 g/mol. The molecule has 6 nitrogen and oxygen atoms in total. The minimum absolute atomic E-state index is 0.0591. The van der Waals surface area contributed by atoms with Gasteiger partial charge in [-0.1, -0.05) is 60.7 Å². The smallest absolute Gasteiger partial charge is 0.379 e. The van der Waals surface area contributed by atoms with E-state index in [1.807, 2.05) is 60.7 Å². The van der Waals surface area contributed by atoms with E-state index < -0.39 is 17.5 Å². The maximum Gasteiger partial charge on any atom is 0.379 e. The number of benzene rings is 3. The molecular formula is C26H23BrO6. The van der Waals surface area contributed by atoms with Gasteiger partial charge in [-0.05, 0) is 40.0 Å². The van der Waals surface area contributed by atoms with Gasteiger partial charge in [0.2, 0.25) is 0 Å². The number of rotatable bonds is 10. The van der Waals surface area contributed by atoms with Crippen LogP contribution in [0.15, 0.2) is 83.3 Å². The second kappa shape index (κ2) is 11.9. The van der Waals surface area contributed by atoms with Gasteiger partial charge < -0.3 is 19.3 Å². The Morgan fingerprint density at radius 1 is 0.879 bits per heavy atom. The number of hydrogen-bond acceptors (Lipinski definition) is 6. The Morgan fingerprint density at radius 2 is 1.42 bits per heavy atom. The zero-order valence-corrected chi connectivity index (χ0v) is 19.6. The van der Waals surface area contributed by atoms with E-state index in [9.17, 15) is 14.7 Å². The van der Waals surface area contributed by atoms with Crippen LogP contribution in [0.25, 0.3) is 5.76 Å². The third-order valence-corrected chi connectivity index (χ3v) is 5.15. The van der Waals surface area contributed by atoms with E-state index in [1.54, 1.807) is 19.1 Å². The highest BCUT2D eigenvalue weighted by Gasteiger charge is 2.18. The maximum absolute atomic E-state index is 12.0. The van der Waals surface area contributed by atoms with Crippen molar-refractivity contribution in [2.75, 3.05) is 6.61 Å². The molecule has 0 saturated carbocycles. The summed E-state index contributed by atoms with van der Waals surface area (Å²) >= 11 is 3.44. The molecule has 0 spiro atoms. The monoisotopic (exact) mass is 510 g/mol. The van der Waals surface area contributed by atoms with Crippen molar-refractivity contribution < 1.29 is 28.9 Å². The van der Waals surface area contributed by atoms with Crippen LogP contribution in [0.4, 0.5) is 0 Å². The highest BCUT2D eigenvalue weighted by atomic mass is 79.9. The number of aliphatic hydroxyl groups excluding tert-OH is 1. The van der Waals surface area contributed by atoms with Gasteiger partial charge in [-0.2, -0.15) is 0 Å². The molecule has 3 aromatic rings. The van der Waals surface area contributed by atoms with Gasteiger partial charge in [-0.3, -0.25) is 4.79 Å². The first-order chi connectivity index (χ1) is 16.0. The Hall–Kier alpha value is -3.58. The third kappa shape index (κ3) is 6.95. The van der Waals surface area contributed by atoms with Gasteiger partial charge in [0.1, 0.15) is 30.5 Å². The molecule has 0 aliphatic carbocycles. The molecule has 3 aromatic carbocycles. The SMILES string of the molecule is CCOC(=O)C(=O)/C=C(\O)c1cc(Br)c(OCc2ccccc2)cc1OCc1ccccc1. The average Bonchev–Trinajstić information content (AvgIpc) is 2.83. The second-order valence-electron chi connectivity index (χ2n) is 6.94. The molecule has 0 bridgehead atoms. The molecule has 33 heavy (non-hydrogen) atoms. The van der Waals surface area contributed by atoms with Crippen LogP contribution in [0.3, 0.4) is 0 Å². The van der Waals surface area contributed by atoms with Crippen molar-refractivity contribution in [3.63, 3.8) is 0 Å². The fourth-order valence-electron chi connectivity index (χ4n) is 2.90. The number of ketones is 1. The Morgan fingerprint density at radius 3 is 1.97 bits per heavy atom. The topological polar surface area (TPSA) is 82.1 Å². The summed E-state index contributed by atoms with van der Waals surface area (Å²) in [5.41, 5.74) is 2.13. The van der Waals surface area contributed by atoms with Crippen molar-refractivity contribution in [3.05, 3.63) is 100 Å². The van der Waals surface area contributed by atoms with Crippen LogP contribution in [0.1, 0.15) is 23.6 Å². The van der Waals surface area contributed by atoms with E-state index in [0.29, 0.717) is 16.8 Å².